The molecule has 8 heteroatoms. The van der Waals surface area contributed by atoms with Crippen molar-refractivity contribution in [2.24, 2.45) is 5.92 Å². The maximum atomic E-state index is 12.4. The van der Waals surface area contributed by atoms with Crippen LogP contribution in [0.2, 0.25) is 0 Å². The third-order valence-electron chi connectivity index (χ3n) is 4.28. The molecule has 1 aliphatic rings. The molecule has 0 bridgehead atoms. The summed E-state index contributed by atoms with van der Waals surface area (Å²) in [7, 11) is 1.60. The highest BCUT2D eigenvalue weighted by molar-refractivity contribution is 7.15. The minimum Gasteiger partial charge on any atom is -0.383 e. The van der Waals surface area contributed by atoms with Gasteiger partial charge in [0.1, 0.15) is 5.01 Å². The molecular weight excluding hydrogens is 328 g/mol. The van der Waals surface area contributed by atoms with Crippen molar-refractivity contribution in [1.29, 1.82) is 0 Å². The van der Waals surface area contributed by atoms with E-state index in [0.717, 1.165) is 17.8 Å². The molecule has 0 spiro atoms. The highest BCUT2D eigenvalue weighted by atomic mass is 32.1. The van der Waals surface area contributed by atoms with Gasteiger partial charge in [0.25, 0.3) is 0 Å². The van der Waals surface area contributed by atoms with Crippen LogP contribution in [0.15, 0.2) is 0 Å². The highest BCUT2D eigenvalue weighted by Gasteiger charge is 2.36. The molecule has 0 unspecified atom stereocenters. The molecule has 0 aliphatic carbocycles. The number of carbonyl (C=O) groups excluding carboxylic acids is 2. The number of rotatable bonds is 8. The minimum atomic E-state index is -0.350. The molecule has 1 aromatic rings. The van der Waals surface area contributed by atoms with E-state index in [-0.39, 0.29) is 30.2 Å². The number of anilines is 1. The molecule has 1 aromatic heterocycles. The zero-order valence-corrected chi connectivity index (χ0v) is 15.6. The van der Waals surface area contributed by atoms with Crippen LogP contribution in [-0.4, -0.2) is 53.2 Å². The SMILES string of the molecule is CCC[C@H](C)c1nnc(NC(=O)[C@@H]2CC(=O)N([C@H](C)COC)C2)s1. The Hall–Kier alpha value is -1.54. The Labute approximate surface area is 146 Å². The van der Waals surface area contributed by atoms with Crippen LogP contribution in [0, 0.1) is 5.92 Å². The van der Waals surface area contributed by atoms with Gasteiger partial charge in [-0.1, -0.05) is 31.6 Å². The normalized spacial score (nSPS) is 20.2. The monoisotopic (exact) mass is 354 g/mol. The van der Waals surface area contributed by atoms with Crippen molar-refractivity contribution in [1.82, 2.24) is 15.1 Å². The van der Waals surface area contributed by atoms with E-state index in [9.17, 15) is 9.59 Å². The number of methoxy groups -OCH3 is 1. The average Bonchev–Trinajstić information content (AvgIpc) is 3.14. The van der Waals surface area contributed by atoms with Crippen molar-refractivity contribution in [3.05, 3.63) is 5.01 Å². The van der Waals surface area contributed by atoms with Gasteiger partial charge in [0.2, 0.25) is 16.9 Å². The number of nitrogens with one attached hydrogen (secondary N) is 1. The molecule has 2 amide bonds. The number of likely N-dealkylation sites (tertiary alicyclic amines) is 1. The molecule has 7 nitrogen and oxygen atoms in total. The summed E-state index contributed by atoms with van der Waals surface area (Å²) in [6.45, 7) is 7.06. The zero-order chi connectivity index (χ0) is 17.7. The second-order valence-electron chi connectivity index (χ2n) is 6.38. The Morgan fingerprint density at radius 3 is 2.88 bits per heavy atom. The van der Waals surface area contributed by atoms with Gasteiger partial charge in [-0.3, -0.25) is 9.59 Å². The first-order valence-corrected chi connectivity index (χ1v) is 9.20. The Bertz CT molecular complexity index is 577. The van der Waals surface area contributed by atoms with Crippen LogP contribution < -0.4 is 5.32 Å². The molecule has 0 aromatic carbocycles. The largest absolute Gasteiger partial charge is 0.383 e. The number of hydrogen-bond acceptors (Lipinski definition) is 6. The predicted octanol–water partition coefficient (Wildman–Crippen LogP) is 2.26. The maximum absolute atomic E-state index is 12.4. The molecule has 2 heterocycles. The molecule has 1 aliphatic heterocycles. The third kappa shape index (κ3) is 4.51. The summed E-state index contributed by atoms with van der Waals surface area (Å²) < 4.78 is 5.09. The lowest BCUT2D eigenvalue weighted by Crippen LogP contribution is -2.38. The van der Waals surface area contributed by atoms with Crippen molar-refractivity contribution in [3.8, 4) is 0 Å². The van der Waals surface area contributed by atoms with Gasteiger partial charge >= 0.3 is 0 Å². The summed E-state index contributed by atoms with van der Waals surface area (Å²) in [4.78, 5) is 26.2. The van der Waals surface area contributed by atoms with Gasteiger partial charge in [-0.25, -0.2) is 0 Å². The number of nitrogens with zero attached hydrogens (tertiary/aromatic N) is 3. The molecule has 0 saturated carbocycles. The maximum Gasteiger partial charge on any atom is 0.231 e. The van der Waals surface area contributed by atoms with E-state index in [4.69, 9.17) is 4.74 Å². The zero-order valence-electron chi connectivity index (χ0n) is 14.7. The van der Waals surface area contributed by atoms with Crippen molar-refractivity contribution >= 4 is 28.3 Å². The van der Waals surface area contributed by atoms with Crippen molar-refractivity contribution in [2.75, 3.05) is 25.6 Å². The fourth-order valence-electron chi connectivity index (χ4n) is 2.91. The van der Waals surface area contributed by atoms with Crippen LogP contribution in [0.5, 0.6) is 0 Å². The van der Waals surface area contributed by atoms with Crippen molar-refractivity contribution < 1.29 is 14.3 Å². The second kappa shape index (κ2) is 8.53. The highest BCUT2D eigenvalue weighted by Crippen LogP contribution is 2.27. The number of carbonyl (C=O) groups is 2. The molecular formula is C16H26N4O3S. The first-order valence-electron chi connectivity index (χ1n) is 8.38. The van der Waals surface area contributed by atoms with Gasteiger partial charge < -0.3 is 15.0 Å². The van der Waals surface area contributed by atoms with Crippen molar-refractivity contribution in [2.45, 2.75) is 52.0 Å². The fourth-order valence-corrected chi connectivity index (χ4v) is 3.74. The Morgan fingerprint density at radius 1 is 1.46 bits per heavy atom. The summed E-state index contributed by atoms with van der Waals surface area (Å²) in [6.07, 6.45) is 2.37. The van der Waals surface area contributed by atoms with E-state index < -0.39 is 0 Å². The van der Waals surface area contributed by atoms with E-state index >= 15 is 0 Å². The molecule has 3 atom stereocenters. The smallest absolute Gasteiger partial charge is 0.231 e. The number of hydrogen-bond donors (Lipinski definition) is 1. The van der Waals surface area contributed by atoms with Gasteiger partial charge in [0, 0.05) is 26.0 Å². The second-order valence-corrected chi connectivity index (χ2v) is 7.39. The molecule has 1 fully saturated rings. The first kappa shape index (κ1) is 18.8. The summed E-state index contributed by atoms with van der Waals surface area (Å²) in [5.74, 6) is -0.177. The number of amides is 2. The first-order chi connectivity index (χ1) is 11.5. The molecule has 0 radical (unpaired) electrons. The lowest BCUT2D eigenvalue weighted by molar-refractivity contribution is -0.130. The third-order valence-corrected chi connectivity index (χ3v) is 5.35. The summed E-state index contributed by atoms with van der Waals surface area (Å²) in [5.41, 5.74) is 0. The van der Waals surface area contributed by atoms with E-state index in [1.165, 1.54) is 11.3 Å². The average molecular weight is 354 g/mol. The topological polar surface area (TPSA) is 84.4 Å². The van der Waals surface area contributed by atoms with Crippen molar-refractivity contribution in [3.63, 3.8) is 0 Å². The summed E-state index contributed by atoms with van der Waals surface area (Å²) in [6, 6.07) is -0.0247. The molecule has 134 valence electrons. The Kier molecular flexibility index (Phi) is 6.68. The van der Waals surface area contributed by atoms with E-state index in [0.29, 0.717) is 24.2 Å². The molecule has 2 rings (SSSR count). The fraction of sp³-hybridized carbons (Fsp3) is 0.750. The predicted molar refractivity (Wildman–Crippen MR) is 93.0 cm³/mol. The molecule has 1 saturated heterocycles. The van der Waals surface area contributed by atoms with Crippen LogP contribution in [0.4, 0.5) is 5.13 Å². The van der Waals surface area contributed by atoms with E-state index in [1.54, 1.807) is 12.0 Å². The molecule has 1 N–H and O–H groups in total. The summed E-state index contributed by atoms with van der Waals surface area (Å²) in [5, 5.41) is 12.5. The number of aromatic nitrogens is 2. The Balaban J connectivity index is 1.92. The van der Waals surface area contributed by atoms with E-state index in [2.05, 4.69) is 29.4 Å². The van der Waals surface area contributed by atoms with Gasteiger partial charge in [0.15, 0.2) is 0 Å². The van der Waals surface area contributed by atoms with Crippen LogP contribution in [0.25, 0.3) is 0 Å². The van der Waals surface area contributed by atoms with E-state index in [1.807, 2.05) is 6.92 Å². The van der Waals surface area contributed by atoms with Gasteiger partial charge in [-0.2, -0.15) is 0 Å². The lowest BCUT2D eigenvalue weighted by Gasteiger charge is -2.23. The summed E-state index contributed by atoms with van der Waals surface area (Å²) >= 11 is 1.41. The van der Waals surface area contributed by atoms with Gasteiger partial charge in [-0.15, -0.1) is 10.2 Å². The van der Waals surface area contributed by atoms with Gasteiger partial charge in [0.05, 0.1) is 18.6 Å². The lowest BCUT2D eigenvalue weighted by atomic mass is 10.1. The van der Waals surface area contributed by atoms with Gasteiger partial charge in [-0.05, 0) is 13.3 Å². The van der Waals surface area contributed by atoms with Crippen LogP contribution >= 0.6 is 11.3 Å². The minimum absolute atomic E-state index is 0.00535. The quantitative estimate of drug-likeness (QED) is 0.774. The number of ether oxygens (including phenoxy) is 1. The van der Waals surface area contributed by atoms with Crippen LogP contribution in [0.1, 0.15) is 51.0 Å². The standard InChI is InChI=1S/C16H26N4O3S/c1-5-6-10(2)15-18-19-16(24-15)17-14(22)12-7-13(21)20(8-12)11(3)9-23-4/h10-12H,5-9H2,1-4H3,(H,17,19,22)/t10-,11+,12+/m0/s1. The Morgan fingerprint density at radius 2 is 2.21 bits per heavy atom. The van der Waals surface area contributed by atoms with Crippen LogP contribution in [0.3, 0.4) is 0 Å². The molecule has 24 heavy (non-hydrogen) atoms. The van der Waals surface area contributed by atoms with Crippen LogP contribution in [-0.2, 0) is 14.3 Å².